The summed E-state index contributed by atoms with van der Waals surface area (Å²) in [6.07, 6.45) is 0.113. The minimum absolute atomic E-state index is 0.0413. The van der Waals surface area contributed by atoms with Gasteiger partial charge >= 0.3 is 5.76 Å². The first-order valence-corrected chi connectivity index (χ1v) is 11.1. The van der Waals surface area contributed by atoms with Crippen molar-refractivity contribution in [2.24, 2.45) is 0 Å². The van der Waals surface area contributed by atoms with Gasteiger partial charge in [0.05, 0.1) is 24.0 Å². The number of fused-ring (bicyclic) bond motifs is 1. The highest BCUT2D eigenvalue weighted by atomic mass is 32.2. The Morgan fingerprint density at radius 1 is 1.18 bits per heavy atom. The van der Waals surface area contributed by atoms with E-state index in [-0.39, 0.29) is 23.3 Å². The Kier molecular flexibility index (Phi) is 5.69. The van der Waals surface area contributed by atoms with E-state index in [2.05, 4.69) is 11.1 Å². The van der Waals surface area contributed by atoms with E-state index in [9.17, 15) is 22.0 Å². The molecule has 1 N–H and O–H groups in total. The highest BCUT2D eigenvalue weighted by molar-refractivity contribution is 7.92. The first-order chi connectivity index (χ1) is 15.7. The number of hydrogen-bond acceptors (Lipinski definition) is 6. The van der Waals surface area contributed by atoms with Gasteiger partial charge in [-0.15, -0.1) is 0 Å². The average molecular weight is 470 g/mol. The van der Waals surface area contributed by atoms with E-state index in [0.717, 1.165) is 18.2 Å². The third-order valence-electron chi connectivity index (χ3n) is 5.07. The van der Waals surface area contributed by atoms with Crippen LogP contribution in [0.2, 0.25) is 0 Å². The highest BCUT2D eigenvalue weighted by Crippen LogP contribution is 2.29. The van der Waals surface area contributed by atoms with Crippen LogP contribution in [0.5, 0.6) is 0 Å². The monoisotopic (exact) mass is 470 g/mol. The highest BCUT2D eigenvalue weighted by Gasteiger charge is 2.25. The van der Waals surface area contributed by atoms with Gasteiger partial charge in [0.2, 0.25) is 5.95 Å². The fraction of sp³-hybridized carbons (Fsp3) is 0.136. The lowest BCUT2D eigenvalue weighted by Crippen LogP contribution is -2.20. The molecule has 4 rings (SSSR count). The van der Waals surface area contributed by atoms with E-state index in [1.165, 1.54) is 16.7 Å². The number of hydrogen-bond donors (Lipinski definition) is 1. The van der Waals surface area contributed by atoms with Gasteiger partial charge in [-0.1, -0.05) is 30.3 Å². The van der Waals surface area contributed by atoms with E-state index in [0.29, 0.717) is 11.1 Å². The van der Waals surface area contributed by atoms with Crippen molar-refractivity contribution in [1.82, 2.24) is 9.55 Å². The fourth-order valence-electron chi connectivity index (χ4n) is 3.59. The number of benzene rings is 2. The van der Waals surface area contributed by atoms with Gasteiger partial charge in [0.15, 0.2) is 5.58 Å². The quantitative estimate of drug-likeness (QED) is 0.429. The summed E-state index contributed by atoms with van der Waals surface area (Å²) >= 11 is 0. The molecule has 8 nitrogen and oxygen atoms in total. The Morgan fingerprint density at radius 2 is 1.94 bits per heavy atom. The number of anilines is 1. The smallest absolute Gasteiger partial charge is 0.408 e. The Hall–Kier alpha value is -4.04. The van der Waals surface area contributed by atoms with Gasteiger partial charge in [-0.2, -0.15) is 9.65 Å². The Balaban J connectivity index is 1.80. The molecule has 1 atom stereocenters. The van der Waals surface area contributed by atoms with Crippen molar-refractivity contribution in [2.75, 3.05) is 4.72 Å². The van der Waals surface area contributed by atoms with E-state index in [4.69, 9.17) is 9.68 Å². The first-order valence-electron chi connectivity index (χ1n) is 9.66. The largest absolute Gasteiger partial charge is 0.420 e. The topological polar surface area (TPSA) is 118 Å². The number of nitrogens with one attached hydrogen (secondary N) is 1. The second-order valence-corrected chi connectivity index (χ2v) is 8.80. The molecule has 168 valence electrons. The lowest BCUT2D eigenvalue weighted by Gasteiger charge is -2.16. The van der Waals surface area contributed by atoms with Crippen LogP contribution < -0.4 is 10.5 Å². The van der Waals surface area contributed by atoms with E-state index >= 15 is 0 Å². The number of pyridine rings is 1. The molecule has 2 aromatic heterocycles. The number of nitriles is 1. The van der Waals surface area contributed by atoms with Gasteiger partial charge in [-0.25, -0.2) is 22.6 Å². The van der Waals surface area contributed by atoms with E-state index < -0.39 is 38.5 Å². The summed E-state index contributed by atoms with van der Waals surface area (Å²) in [5, 5.41) is 9.07. The summed E-state index contributed by atoms with van der Waals surface area (Å²) in [6, 6.07) is 13.7. The molecule has 33 heavy (non-hydrogen) atoms. The Bertz CT molecular complexity index is 1570. The van der Waals surface area contributed by atoms with Gasteiger partial charge in [0.25, 0.3) is 10.0 Å². The number of rotatable bonds is 6. The molecule has 0 aliphatic carbocycles. The molecule has 1 unspecified atom stereocenters. The molecule has 0 fully saturated rings. The summed E-state index contributed by atoms with van der Waals surface area (Å²) in [6.45, 7) is 1.69. The maximum atomic E-state index is 14.9. The summed E-state index contributed by atoms with van der Waals surface area (Å²) in [5.41, 5.74) is 1.25. The molecule has 2 heterocycles. The van der Waals surface area contributed by atoms with Crippen LogP contribution in [0.4, 0.5) is 14.6 Å². The Labute approximate surface area is 186 Å². The van der Waals surface area contributed by atoms with Crippen LogP contribution in [-0.2, 0) is 16.4 Å². The van der Waals surface area contributed by atoms with Crippen molar-refractivity contribution in [3.05, 3.63) is 88.0 Å². The molecule has 11 heteroatoms. The predicted molar refractivity (Wildman–Crippen MR) is 115 cm³/mol. The molecular formula is C22H16F2N4O4S. The molecule has 0 saturated heterocycles. The molecule has 0 aliphatic rings. The lowest BCUT2D eigenvalue weighted by molar-refractivity contribution is 0.488. The third kappa shape index (κ3) is 4.20. The molecule has 0 amide bonds. The SMILES string of the molecule is CC(c1ccccc1CC#N)n1c(=O)oc2cc(S(=O)(=O)Nc3cccc(F)n3)c(F)cc21. The molecule has 0 radical (unpaired) electrons. The van der Waals surface area contributed by atoms with Crippen LogP contribution in [-0.4, -0.2) is 18.0 Å². The van der Waals surface area contributed by atoms with Gasteiger partial charge in [-0.3, -0.25) is 9.29 Å². The second-order valence-electron chi connectivity index (χ2n) is 7.15. The minimum atomic E-state index is -4.50. The zero-order valence-electron chi connectivity index (χ0n) is 17.1. The second kappa shape index (κ2) is 8.48. The van der Waals surface area contributed by atoms with Crippen LogP contribution in [0.15, 0.2) is 68.7 Å². The summed E-state index contributed by atoms with van der Waals surface area (Å²) in [5.74, 6) is -3.22. The molecule has 0 saturated carbocycles. The summed E-state index contributed by atoms with van der Waals surface area (Å²) < 4.78 is 62.0. The van der Waals surface area contributed by atoms with Crippen molar-refractivity contribution in [3.63, 3.8) is 0 Å². The van der Waals surface area contributed by atoms with Crippen LogP contribution in [0.25, 0.3) is 11.1 Å². The number of halogens is 2. The van der Waals surface area contributed by atoms with Crippen LogP contribution in [0.1, 0.15) is 24.1 Å². The zero-order valence-corrected chi connectivity index (χ0v) is 17.9. The maximum Gasteiger partial charge on any atom is 0.420 e. The third-order valence-corrected chi connectivity index (χ3v) is 6.44. The number of sulfonamides is 1. The molecule has 2 aromatic carbocycles. The average Bonchev–Trinajstić information content (AvgIpc) is 3.07. The number of oxazole rings is 1. The predicted octanol–water partition coefficient (Wildman–Crippen LogP) is 3.74. The number of nitrogens with zero attached hydrogens (tertiary/aromatic N) is 3. The van der Waals surface area contributed by atoms with Crippen molar-refractivity contribution >= 4 is 26.9 Å². The molecule has 0 spiro atoms. The normalized spacial score (nSPS) is 12.4. The van der Waals surface area contributed by atoms with Crippen molar-refractivity contribution in [1.29, 1.82) is 5.26 Å². The molecule has 0 bridgehead atoms. The fourth-order valence-corrected chi connectivity index (χ4v) is 4.67. The Morgan fingerprint density at radius 3 is 2.67 bits per heavy atom. The summed E-state index contributed by atoms with van der Waals surface area (Å²) in [7, 11) is -4.50. The number of aromatic nitrogens is 2. The van der Waals surface area contributed by atoms with Gasteiger partial charge in [-0.05, 0) is 30.2 Å². The summed E-state index contributed by atoms with van der Waals surface area (Å²) in [4.78, 5) is 15.2. The lowest BCUT2D eigenvalue weighted by atomic mass is 9.99. The minimum Gasteiger partial charge on any atom is -0.408 e. The van der Waals surface area contributed by atoms with Gasteiger partial charge in [0.1, 0.15) is 16.5 Å². The molecule has 4 aromatic rings. The standard InChI is InChI=1S/C22H16F2N4O4S/c1-13(15-6-3-2-5-14(15)9-10-25)28-17-11-16(23)19(12-18(17)32-22(28)29)33(30,31)27-21-8-4-7-20(24)26-21/h2-8,11-13H,9H2,1H3,(H,26,27). The van der Waals surface area contributed by atoms with Crippen LogP contribution in [0.3, 0.4) is 0 Å². The van der Waals surface area contributed by atoms with Gasteiger partial charge in [0, 0.05) is 12.1 Å². The first kappa shape index (κ1) is 22.2. The van der Waals surface area contributed by atoms with Crippen LogP contribution >= 0.6 is 0 Å². The van der Waals surface area contributed by atoms with Crippen molar-refractivity contribution in [2.45, 2.75) is 24.3 Å². The van der Waals surface area contributed by atoms with Gasteiger partial charge < -0.3 is 4.42 Å². The maximum absolute atomic E-state index is 14.9. The van der Waals surface area contributed by atoms with Crippen molar-refractivity contribution < 1.29 is 21.6 Å². The van der Waals surface area contributed by atoms with Crippen LogP contribution in [0, 0.1) is 23.1 Å². The van der Waals surface area contributed by atoms with E-state index in [1.54, 1.807) is 31.2 Å². The zero-order chi connectivity index (χ0) is 23.8. The van der Waals surface area contributed by atoms with Crippen molar-refractivity contribution in [3.8, 4) is 6.07 Å². The van der Waals surface area contributed by atoms with E-state index in [1.807, 2.05) is 4.72 Å². The molecular weight excluding hydrogens is 454 g/mol. The molecule has 0 aliphatic heterocycles.